The summed E-state index contributed by atoms with van der Waals surface area (Å²) in [4.78, 5) is 0. The van der Waals surface area contributed by atoms with E-state index in [4.69, 9.17) is 0 Å². The Kier molecular flexibility index (Phi) is 3.62. The van der Waals surface area contributed by atoms with E-state index in [9.17, 15) is 13.2 Å². The van der Waals surface area contributed by atoms with Gasteiger partial charge in [0, 0.05) is 11.3 Å². The Bertz CT molecular complexity index is 582. The van der Waals surface area contributed by atoms with Crippen molar-refractivity contribution in [3.05, 3.63) is 46.8 Å². The Hall–Kier alpha value is -1.43. The lowest BCUT2D eigenvalue weighted by Gasteiger charge is -2.15. The van der Waals surface area contributed by atoms with Gasteiger partial charge in [0.2, 0.25) is 0 Å². The van der Waals surface area contributed by atoms with Crippen molar-refractivity contribution in [3.63, 3.8) is 0 Å². The molecule has 1 aromatic heterocycles. The molecule has 1 aromatic carbocycles. The molecule has 102 valence electrons. The molecule has 0 aliphatic heterocycles. The summed E-state index contributed by atoms with van der Waals surface area (Å²) in [5, 5.41) is 3.89. The van der Waals surface area contributed by atoms with Gasteiger partial charge in [-0.3, -0.25) is 0 Å². The van der Waals surface area contributed by atoms with Crippen LogP contribution in [0.5, 0.6) is 0 Å². The van der Waals surface area contributed by atoms with Gasteiger partial charge in [-0.15, -0.1) is 0 Å². The molecule has 0 unspecified atom stereocenters. The second-order valence-corrected chi connectivity index (χ2v) is 4.64. The lowest BCUT2D eigenvalue weighted by molar-refractivity contribution is -0.143. The maximum atomic E-state index is 13.2. The van der Waals surface area contributed by atoms with Gasteiger partial charge in [0.15, 0.2) is 5.69 Å². The van der Waals surface area contributed by atoms with Crippen molar-refractivity contribution >= 4 is 12.6 Å². The van der Waals surface area contributed by atoms with Gasteiger partial charge in [-0.25, -0.2) is 4.68 Å². The molecule has 0 bridgehead atoms. The van der Waals surface area contributed by atoms with Gasteiger partial charge < -0.3 is 0 Å². The number of hydrogen-bond donors (Lipinski definition) is 1. The number of alkyl halides is 3. The first-order valence-electron chi connectivity index (χ1n) is 5.67. The second kappa shape index (κ2) is 4.92. The molecule has 0 atom stereocenters. The summed E-state index contributed by atoms with van der Waals surface area (Å²) in [5.74, 6) is -0.000226. The lowest BCUT2D eigenvalue weighted by atomic mass is 10.1. The second-order valence-electron chi connectivity index (χ2n) is 4.33. The van der Waals surface area contributed by atoms with E-state index in [1.54, 1.807) is 26.0 Å². The number of halogens is 3. The number of nitrogens with zero attached hydrogens (tertiary/aromatic N) is 2. The van der Waals surface area contributed by atoms with Gasteiger partial charge in [-0.2, -0.15) is 30.9 Å². The zero-order chi connectivity index (χ0) is 14.2. The largest absolute Gasteiger partial charge is 0.433 e. The van der Waals surface area contributed by atoms with Crippen molar-refractivity contribution in [2.45, 2.75) is 25.8 Å². The van der Waals surface area contributed by atoms with Crippen LogP contribution < -0.4 is 0 Å². The summed E-state index contributed by atoms with van der Waals surface area (Å²) in [7, 11) is 0. The fraction of sp³-hybridized carbons (Fsp3) is 0.308. The summed E-state index contributed by atoms with van der Waals surface area (Å²) < 4.78 is 40.5. The molecule has 0 amide bonds. The highest BCUT2D eigenvalue weighted by Gasteiger charge is 2.38. The van der Waals surface area contributed by atoms with Crippen LogP contribution in [0, 0.1) is 13.8 Å². The zero-order valence-electron chi connectivity index (χ0n) is 10.5. The van der Waals surface area contributed by atoms with Crippen LogP contribution >= 0.6 is 12.6 Å². The number of para-hydroxylation sites is 1. The molecule has 1 heterocycles. The van der Waals surface area contributed by atoms with Crippen molar-refractivity contribution in [3.8, 4) is 5.69 Å². The summed E-state index contributed by atoms with van der Waals surface area (Å²) in [6.45, 7) is 3.54. The summed E-state index contributed by atoms with van der Waals surface area (Å²) in [6, 6.07) is 5.35. The molecule has 0 N–H and O–H groups in total. The zero-order valence-corrected chi connectivity index (χ0v) is 11.4. The molecule has 2 aromatic rings. The van der Waals surface area contributed by atoms with Gasteiger partial charge in [-0.05, 0) is 25.0 Å². The highest BCUT2D eigenvalue weighted by molar-refractivity contribution is 7.79. The molecule has 2 rings (SSSR count). The molecule has 19 heavy (non-hydrogen) atoms. The Morgan fingerprint density at radius 2 is 1.79 bits per heavy atom. The van der Waals surface area contributed by atoms with Crippen LogP contribution in [0.4, 0.5) is 13.2 Å². The topological polar surface area (TPSA) is 17.8 Å². The minimum Gasteiger partial charge on any atom is -0.228 e. The Balaban J connectivity index is 2.74. The van der Waals surface area contributed by atoms with Crippen LogP contribution in [0.3, 0.4) is 0 Å². The highest BCUT2D eigenvalue weighted by atomic mass is 32.1. The maximum absolute atomic E-state index is 13.2. The van der Waals surface area contributed by atoms with Crippen LogP contribution in [-0.2, 0) is 11.9 Å². The van der Waals surface area contributed by atoms with Crippen LogP contribution in [0.2, 0.25) is 0 Å². The number of aryl methyl sites for hydroxylation is 2. The van der Waals surface area contributed by atoms with Crippen LogP contribution in [0.15, 0.2) is 24.4 Å². The smallest absolute Gasteiger partial charge is 0.228 e. The molecular weight excluding hydrogens is 273 g/mol. The average molecular weight is 286 g/mol. The van der Waals surface area contributed by atoms with E-state index in [0.717, 1.165) is 15.8 Å². The lowest BCUT2D eigenvalue weighted by Crippen LogP contribution is -2.16. The average Bonchev–Trinajstić information content (AvgIpc) is 2.72. The molecule has 0 aliphatic carbocycles. The third kappa shape index (κ3) is 2.49. The third-order valence-electron chi connectivity index (χ3n) is 2.94. The quantitative estimate of drug-likeness (QED) is 0.828. The SMILES string of the molecule is Cc1cccc(C)c1-n1ncc(CS)c1C(F)(F)F. The minimum atomic E-state index is -4.46. The van der Waals surface area contributed by atoms with Crippen LogP contribution in [0.1, 0.15) is 22.4 Å². The highest BCUT2D eigenvalue weighted by Crippen LogP contribution is 2.35. The van der Waals surface area contributed by atoms with Crippen molar-refractivity contribution in [2.24, 2.45) is 0 Å². The van der Waals surface area contributed by atoms with Crippen LogP contribution in [0.25, 0.3) is 5.69 Å². The number of benzene rings is 1. The molecule has 0 saturated carbocycles. The van der Waals surface area contributed by atoms with E-state index in [0.29, 0.717) is 5.69 Å². The molecule has 0 aliphatic rings. The van der Waals surface area contributed by atoms with Crippen molar-refractivity contribution in [1.82, 2.24) is 9.78 Å². The monoisotopic (exact) mass is 286 g/mol. The van der Waals surface area contributed by atoms with Crippen molar-refractivity contribution < 1.29 is 13.2 Å². The third-order valence-corrected chi connectivity index (χ3v) is 3.28. The number of hydrogen-bond acceptors (Lipinski definition) is 2. The maximum Gasteiger partial charge on any atom is 0.433 e. The normalized spacial score (nSPS) is 11.9. The van der Waals surface area contributed by atoms with E-state index in [-0.39, 0.29) is 11.3 Å². The molecular formula is C13H13F3N2S. The summed E-state index contributed by atoms with van der Waals surface area (Å²) in [5.41, 5.74) is 1.31. The molecule has 0 fully saturated rings. The van der Waals surface area contributed by atoms with Crippen LogP contribution in [-0.4, -0.2) is 9.78 Å². The predicted molar refractivity (Wildman–Crippen MR) is 70.7 cm³/mol. The fourth-order valence-corrected chi connectivity index (χ4v) is 2.34. The van der Waals surface area contributed by atoms with Gasteiger partial charge in [0.25, 0.3) is 0 Å². The molecule has 0 saturated heterocycles. The summed E-state index contributed by atoms with van der Waals surface area (Å²) in [6.07, 6.45) is -3.23. The number of aromatic nitrogens is 2. The van der Waals surface area contributed by atoms with Gasteiger partial charge in [0.1, 0.15) is 0 Å². The molecule has 2 nitrogen and oxygen atoms in total. The summed E-state index contributed by atoms with van der Waals surface area (Å²) >= 11 is 3.94. The van der Waals surface area contributed by atoms with Gasteiger partial charge in [0.05, 0.1) is 11.9 Å². The number of rotatable bonds is 2. The minimum absolute atomic E-state index is 0.000226. The first-order valence-corrected chi connectivity index (χ1v) is 6.31. The number of thiol groups is 1. The predicted octanol–water partition coefficient (Wildman–Crippen LogP) is 3.94. The Morgan fingerprint density at radius 3 is 2.26 bits per heavy atom. The van der Waals surface area contributed by atoms with Crippen molar-refractivity contribution in [1.29, 1.82) is 0 Å². The molecule has 0 radical (unpaired) electrons. The van der Waals surface area contributed by atoms with Gasteiger partial charge >= 0.3 is 6.18 Å². The Labute approximate surface area is 114 Å². The first kappa shape index (κ1) is 14.0. The van der Waals surface area contributed by atoms with Gasteiger partial charge in [-0.1, -0.05) is 18.2 Å². The van der Waals surface area contributed by atoms with Crippen molar-refractivity contribution in [2.75, 3.05) is 0 Å². The molecule has 6 heteroatoms. The fourth-order valence-electron chi connectivity index (χ4n) is 2.11. The van der Waals surface area contributed by atoms with E-state index in [2.05, 4.69) is 17.7 Å². The van der Waals surface area contributed by atoms with E-state index < -0.39 is 11.9 Å². The van der Waals surface area contributed by atoms with E-state index in [1.165, 1.54) is 6.20 Å². The molecule has 0 spiro atoms. The standard InChI is InChI=1S/C13H13F3N2S/c1-8-4-3-5-9(2)11(8)18-12(13(14,15)16)10(7-19)6-17-18/h3-6,19H,7H2,1-2H3. The van der Waals surface area contributed by atoms with E-state index in [1.807, 2.05) is 6.07 Å². The van der Waals surface area contributed by atoms with E-state index >= 15 is 0 Å². The Morgan fingerprint density at radius 1 is 1.21 bits per heavy atom. The first-order chi connectivity index (χ1) is 8.86.